The quantitative estimate of drug-likeness (QED) is 0.654. The minimum Gasteiger partial charge on any atom is -0.395 e. The Morgan fingerprint density at radius 2 is 1.91 bits per heavy atom. The smallest absolute Gasteiger partial charge is 0.285 e. The van der Waals surface area contributed by atoms with Crippen LogP contribution in [0.15, 0.2) is 48.5 Å². The monoisotopic (exact) mass is 318 g/mol. The molecule has 0 aliphatic heterocycles. The second-order valence-electron chi connectivity index (χ2n) is 4.85. The van der Waals surface area contributed by atoms with Gasteiger partial charge in [0.1, 0.15) is 11.4 Å². The van der Waals surface area contributed by atoms with Gasteiger partial charge in [0.15, 0.2) is 0 Å². The van der Waals surface area contributed by atoms with Gasteiger partial charge in [0.2, 0.25) is 0 Å². The molecule has 0 saturated heterocycles. The van der Waals surface area contributed by atoms with Crippen LogP contribution in [-0.2, 0) is 6.54 Å². The molecule has 0 aromatic heterocycles. The number of nitrogens with zero attached hydrogens (tertiary/aromatic N) is 2. The molecule has 1 N–H and O–H groups in total. The maximum Gasteiger partial charge on any atom is 0.285 e. The zero-order valence-electron chi connectivity index (χ0n) is 12.2. The Kier molecular flexibility index (Phi) is 5.37. The summed E-state index contributed by atoms with van der Waals surface area (Å²) in [6.07, 6.45) is 0. The molecule has 0 unspecified atom stereocenters. The van der Waals surface area contributed by atoms with Crippen molar-refractivity contribution < 1.29 is 19.2 Å². The van der Waals surface area contributed by atoms with Crippen molar-refractivity contribution in [2.45, 2.75) is 6.54 Å². The van der Waals surface area contributed by atoms with Crippen LogP contribution in [0.25, 0.3) is 0 Å². The lowest BCUT2D eigenvalue weighted by molar-refractivity contribution is -0.385. The molecule has 0 radical (unpaired) electrons. The van der Waals surface area contributed by atoms with Crippen molar-refractivity contribution in [3.8, 4) is 0 Å². The zero-order valence-corrected chi connectivity index (χ0v) is 12.2. The Balaban J connectivity index is 2.33. The molecule has 0 bridgehead atoms. The Morgan fingerprint density at radius 3 is 2.52 bits per heavy atom. The molecule has 7 heteroatoms. The van der Waals surface area contributed by atoms with Crippen LogP contribution in [0.2, 0.25) is 0 Å². The number of hydrogen-bond acceptors (Lipinski definition) is 4. The highest BCUT2D eigenvalue weighted by Gasteiger charge is 2.25. The van der Waals surface area contributed by atoms with Crippen LogP contribution in [0.1, 0.15) is 15.9 Å². The van der Waals surface area contributed by atoms with Gasteiger partial charge in [-0.05, 0) is 17.7 Å². The molecule has 0 aliphatic rings. The number of hydrogen-bond donors (Lipinski definition) is 1. The van der Waals surface area contributed by atoms with E-state index in [2.05, 4.69) is 0 Å². The zero-order chi connectivity index (χ0) is 16.8. The first-order valence-electron chi connectivity index (χ1n) is 6.91. The van der Waals surface area contributed by atoms with Crippen LogP contribution >= 0.6 is 0 Å². The number of halogens is 1. The number of carbonyl (C=O) groups is 1. The van der Waals surface area contributed by atoms with Crippen molar-refractivity contribution in [3.05, 3.63) is 75.6 Å². The van der Waals surface area contributed by atoms with Crippen LogP contribution in [0.5, 0.6) is 0 Å². The number of rotatable bonds is 6. The van der Waals surface area contributed by atoms with Gasteiger partial charge in [-0.1, -0.05) is 30.3 Å². The molecule has 2 rings (SSSR count). The fourth-order valence-corrected chi connectivity index (χ4v) is 2.18. The molecule has 0 spiro atoms. The summed E-state index contributed by atoms with van der Waals surface area (Å²) >= 11 is 0. The first-order valence-corrected chi connectivity index (χ1v) is 6.91. The minimum absolute atomic E-state index is 0.0161. The van der Waals surface area contributed by atoms with Gasteiger partial charge in [-0.15, -0.1) is 0 Å². The van der Waals surface area contributed by atoms with Crippen LogP contribution in [-0.4, -0.2) is 34.0 Å². The number of benzene rings is 2. The van der Waals surface area contributed by atoms with Crippen molar-refractivity contribution in [1.82, 2.24) is 4.90 Å². The highest BCUT2D eigenvalue weighted by atomic mass is 19.1. The summed E-state index contributed by atoms with van der Waals surface area (Å²) in [5.74, 6) is -1.42. The molecule has 2 aromatic carbocycles. The van der Waals surface area contributed by atoms with E-state index in [4.69, 9.17) is 5.11 Å². The molecule has 0 atom stereocenters. The van der Waals surface area contributed by atoms with E-state index in [0.717, 1.165) is 17.7 Å². The van der Waals surface area contributed by atoms with Gasteiger partial charge in [0.25, 0.3) is 11.6 Å². The molecule has 0 fully saturated rings. The second-order valence-corrected chi connectivity index (χ2v) is 4.85. The molecular weight excluding hydrogens is 303 g/mol. The van der Waals surface area contributed by atoms with Crippen LogP contribution in [0, 0.1) is 15.9 Å². The fraction of sp³-hybridized carbons (Fsp3) is 0.188. The maximum absolute atomic E-state index is 13.2. The fourth-order valence-electron chi connectivity index (χ4n) is 2.18. The second kappa shape index (κ2) is 7.46. The molecule has 2 aromatic rings. The molecule has 23 heavy (non-hydrogen) atoms. The summed E-state index contributed by atoms with van der Waals surface area (Å²) in [7, 11) is 0. The van der Waals surface area contributed by atoms with Crippen LogP contribution in [0.3, 0.4) is 0 Å². The first-order chi connectivity index (χ1) is 11.0. The van der Waals surface area contributed by atoms with E-state index >= 15 is 0 Å². The van der Waals surface area contributed by atoms with Gasteiger partial charge in [0, 0.05) is 13.1 Å². The predicted molar refractivity (Wildman–Crippen MR) is 81.3 cm³/mol. The van der Waals surface area contributed by atoms with Crippen molar-refractivity contribution >= 4 is 11.6 Å². The number of amides is 1. The Bertz CT molecular complexity index is 706. The average Bonchev–Trinajstić information content (AvgIpc) is 2.54. The molecule has 0 saturated carbocycles. The van der Waals surface area contributed by atoms with Crippen LogP contribution in [0.4, 0.5) is 10.1 Å². The predicted octanol–water partition coefficient (Wildman–Crippen LogP) is 2.37. The Labute approximate surface area is 131 Å². The highest BCUT2D eigenvalue weighted by molar-refractivity contribution is 5.98. The molecule has 0 aliphatic carbocycles. The van der Waals surface area contributed by atoms with E-state index in [1.54, 1.807) is 24.3 Å². The maximum atomic E-state index is 13.2. The summed E-state index contributed by atoms with van der Waals surface area (Å²) in [6.45, 7) is -0.0788. The Hall–Kier alpha value is -2.80. The summed E-state index contributed by atoms with van der Waals surface area (Å²) < 4.78 is 13.2. The normalized spacial score (nSPS) is 10.3. The molecule has 120 valence electrons. The Morgan fingerprint density at radius 1 is 1.22 bits per heavy atom. The van der Waals surface area contributed by atoms with Crippen molar-refractivity contribution in [2.24, 2.45) is 0 Å². The van der Waals surface area contributed by atoms with Gasteiger partial charge in [0.05, 0.1) is 17.6 Å². The number of carbonyl (C=O) groups excluding carboxylic acids is 1. The molecule has 1 amide bonds. The van der Waals surface area contributed by atoms with E-state index in [1.807, 2.05) is 6.07 Å². The summed E-state index contributed by atoms with van der Waals surface area (Å²) in [6, 6.07) is 11.8. The SMILES string of the molecule is O=C(c1ccc(F)cc1[N+](=O)[O-])N(CCO)Cc1ccccc1. The van der Waals surface area contributed by atoms with Crippen LogP contribution < -0.4 is 0 Å². The first kappa shape index (κ1) is 16.6. The molecule has 0 heterocycles. The van der Waals surface area contributed by atoms with Gasteiger partial charge in [-0.3, -0.25) is 14.9 Å². The molecular formula is C16H15FN2O4. The lowest BCUT2D eigenvalue weighted by Crippen LogP contribution is -2.33. The third-order valence-electron chi connectivity index (χ3n) is 3.26. The van der Waals surface area contributed by atoms with Gasteiger partial charge < -0.3 is 10.0 Å². The van der Waals surface area contributed by atoms with Crippen molar-refractivity contribution in [2.75, 3.05) is 13.2 Å². The number of nitro groups is 1. The highest BCUT2D eigenvalue weighted by Crippen LogP contribution is 2.22. The lowest BCUT2D eigenvalue weighted by atomic mass is 10.1. The molecule has 6 nitrogen and oxygen atoms in total. The largest absolute Gasteiger partial charge is 0.395 e. The summed E-state index contributed by atoms with van der Waals surface area (Å²) in [5.41, 5.74) is 0.0193. The van der Waals surface area contributed by atoms with Gasteiger partial charge in [-0.25, -0.2) is 4.39 Å². The standard InChI is InChI=1S/C16H15FN2O4/c17-13-6-7-14(15(10-13)19(22)23)16(21)18(8-9-20)11-12-4-2-1-3-5-12/h1-7,10,20H,8-9,11H2. The van der Waals surface area contributed by atoms with Gasteiger partial charge >= 0.3 is 0 Å². The van der Waals surface area contributed by atoms with E-state index in [9.17, 15) is 19.3 Å². The summed E-state index contributed by atoms with van der Waals surface area (Å²) in [4.78, 5) is 24.1. The van der Waals surface area contributed by atoms with Crippen molar-refractivity contribution in [3.63, 3.8) is 0 Å². The van der Waals surface area contributed by atoms with E-state index < -0.39 is 22.3 Å². The minimum atomic E-state index is -0.796. The third kappa shape index (κ3) is 4.10. The van der Waals surface area contributed by atoms with E-state index in [1.165, 1.54) is 4.90 Å². The number of aliphatic hydroxyl groups is 1. The van der Waals surface area contributed by atoms with E-state index in [0.29, 0.717) is 6.07 Å². The lowest BCUT2D eigenvalue weighted by Gasteiger charge is -2.22. The number of aliphatic hydroxyl groups excluding tert-OH is 1. The van der Waals surface area contributed by atoms with E-state index in [-0.39, 0.29) is 25.3 Å². The number of nitro benzene ring substituents is 1. The average molecular weight is 318 g/mol. The van der Waals surface area contributed by atoms with Crippen molar-refractivity contribution in [1.29, 1.82) is 0 Å². The third-order valence-corrected chi connectivity index (χ3v) is 3.26. The summed E-state index contributed by atoms with van der Waals surface area (Å²) in [5, 5.41) is 20.2. The topological polar surface area (TPSA) is 83.7 Å². The van der Waals surface area contributed by atoms with Gasteiger partial charge in [-0.2, -0.15) is 0 Å².